The number of quaternary nitrogens is 1. The van der Waals surface area contributed by atoms with Crippen molar-refractivity contribution in [3.05, 3.63) is 32.1 Å². The smallest absolute Gasteiger partial charge is 0.326 e. The number of aromatic amines is 2. The Morgan fingerprint density at radius 1 is 1.24 bits per heavy atom. The zero-order valence-electron chi connectivity index (χ0n) is 9.17. The van der Waals surface area contributed by atoms with Crippen molar-refractivity contribution in [2.45, 2.75) is 19.4 Å². The molecule has 1 fully saturated rings. The molecule has 3 N–H and O–H groups in total. The summed E-state index contributed by atoms with van der Waals surface area (Å²) < 4.78 is 0. The van der Waals surface area contributed by atoms with Gasteiger partial charge in [0.1, 0.15) is 6.54 Å². The van der Waals surface area contributed by atoms with Gasteiger partial charge in [-0.25, -0.2) is 4.79 Å². The van der Waals surface area contributed by atoms with Gasteiger partial charge < -0.3 is 19.8 Å². The largest absolute Gasteiger partial charge is 0.543 e. The van der Waals surface area contributed by atoms with E-state index in [-0.39, 0.29) is 5.56 Å². The highest BCUT2D eigenvalue weighted by atomic mass is 16.4. The van der Waals surface area contributed by atoms with Gasteiger partial charge in [-0.05, 0) is 0 Å². The molecule has 0 spiro atoms. The molecule has 1 aliphatic rings. The van der Waals surface area contributed by atoms with Crippen molar-refractivity contribution in [1.82, 2.24) is 9.97 Å². The average molecular weight is 239 g/mol. The van der Waals surface area contributed by atoms with E-state index in [9.17, 15) is 19.5 Å². The van der Waals surface area contributed by atoms with Gasteiger partial charge in [-0.2, -0.15) is 0 Å². The molecule has 2 rings (SSSR count). The minimum atomic E-state index is -1.53. The highest BCUT2D eigenvalue weighted by Crippen LogP contribution is 1.96. The molecule has 7 nitrogen and oxygen atoms in total. The first kappa shape index (κ1) is 11.6. The molecular formula is C10H13N3O4. The summed E-state index contributed by atoms with van der Waals surface area (Å²) in [5.74, 6) is -1.53. The molecule has 7 heteroatoms. The van der Waals surface area contributed by atoms with Crippen molar-refractivity contribution >= 4 is 5.97 Å². The lowest BCUT2D eigenvalue weighted by molar-refractivity contribution is -0.901. The molecule has 0 bridgehead atoms. The highest BCUT2D eigenvalue weighted by molar-refractivity contribution is 5.84. The molecule has 0 amide bonds. The summed E-state index contributed by atoms with van der Waals surface area (Å²) in [5.41, 5.74) is -1.79. The minimum absolute atomic E-state index is 0.0847. The van der Waals surface area contributed by atoms with Gasteiger partial charge in [-0.1, -0.05) is 0 Å². The predicted octanol–water partition coefficient (Wildman–Crippen LogP) is -3.39. The van der Waals surface area contributed by atoms with Crippen LogP contribution in [-0.4, -0.2) is 29.0 Å². The molecule has 1 aromatic heterocycles. The highest BCUT2D eigenvalue weighted by Gasteiger charge is 2.20. The van der Waals surface area contributed by atoms with Crippen LogP contribution in [0.4, 0.5) is 0 Å². The second-order valence-electron chi connectivity index (χ2n) is 4.18. The van der Waals surface area contributed by atoms with Crippen LogP contribution in [0.5, 0.6) is 0 Å². The van der Waals surface area contributed by atoms with Gasteiger partial charge in [0.25, 0.3) is 5.56 Å². The van der Waals surface area contributed by atoms with E-state index < -0.39 is 22.9 Å². The van der Waals surface area contributed by atoms with Gasteiger partial charge in [0, 0.05) is 12.8 Å². The Hall–Kier alpha value is -1.89. The number of carboxylic acids is 1. The van der Waals surface area contributed by atoms with Crippen molar-refractivity contribution in [1.29, 1.82) is 0 Å². The number of aromatic nitrogens is 2. The van der Waals surface area contributed by atoms with Crippen LogP contribution in [0.15, 0.2) is 9.59 Å². The van der Waals surface area contributed by atoms with E-state index in [1.54, 1.807) is 0 Å². The Bertz CT molecular complexity index is 539. The molecule has 1 aromatic rings. The molecule has 0 unspecified atom stereocenters. The zero-order chi connectivity index (χ0) is 12.4. The molecular weight excluding hydrogens is 226 g/mol. The number of carbonyl (C=O) groups is 1. The average Bonchev–Trinajstić information content (AvgIpc) is 2.74. The van der Waals surface area contributed by atoms with E-state index >= 15 is 0 Å². The number of hydrogen-bond donors (Lipinski definition) is 3. The van der Waals surface area contributed by atoms with Gasteiger partial charge >= 0.3 is 5.69 Å². The quantitative estimate of drug-likeness (QED) is 0.510. The summed E-state index contributed by atoms with van der Waals surface area (Å²) in [6, 6.07) is 0. The number of carbonyl (C=O) groups excluding carboxylic acids is 1. The van der Waals surface area contributed by atoms with Crippen LogP contribution in [0.2, 0.25) is 0 Å². The molecule has 0 radical (unpaired) electrons. The Morgan fingerprint density at radius 2 is 1.88 bits per heavy atom. The fraction of sp³-hybridized carbons (Fsp3) is 0.500. The number of aromatic carboxylic acids is 1. The molecule has 0 aliphatic carbocycles. The van der Waals surface area contributed by atoms with Crippen molar-refractivity contribution < 1.29 is 14.8 Å². The van der Waals surface area contributed by atoms with Crippen molar-refractivity contribution in [3.8, 4) is 0 Å². The van der Waals surface area contributed by atoms with Gasteiger partial charge in [0.15, 0.2) is 0 Å². The second-order valence-corrected chi connectivity index (χ2v) is 4.18. The standard InChI is InChI=1S/C10H13N3O4/c14-8-6(5-13-3-1-2-4-13)7(9(15)16)11-10(17)12-8/h1-5H2,(H,15,16)(H2,11,12,14,17). The summed E-state index contributed by atoms with van der Waals surface area (Å²) >= 11 is 0. The van der Waals surface area contributed by atoms with Crippen LogP contribution in [-0.2, 0) is 6.54 Å². The van der Waals surface area contributed by atoms with Gasteiger partial charge in [0.2, 0.25) is 0 Å². The number of carboxylic acid groups (broad SMARTS) is 1. The monoisotopic (exact) mass is 239 g/mol. The summed E-state index contributed by atoms with van der Waals surface area (Å²) in [4.78, 5) is 38.7. The zero-order valence-corrected chi connectivity index (χ0v) is 9.17. The summed E-state index contributed by atoms with van der Waals surface area (Å²) in [6.45, 7) is 2.12. The maximum absolute atomic E-state index is 11.6. The van der Waals surface area contributed by atoms with Crippen molar-refractivity contribution in [3.63, 3.8) is 0 Å². The molecule has 1 aliphatic heterocycles. The fourth-order valence-electron chi connectivity index (χ4n) is 2.16. The van der Waals surface area contributed by atoms with Crippen LogP contribution in [0.3, 0.4) is 0 Å². The third-order valence-corrected chi connectivity index (χ3v) is 2.98. The van der Waals surface area contributed by atoms with E-state index in [1.807, 2.05) is 4.98 Å². The topological polar surface area (TPSA) is 110 Å². The third kappa shape index (κ3) is 2.44. The van der Waals surface area contributed by atoms with E-state index in [0.29, 0.717) is 6.54 Å². The van der Waals surface area contributed by atoms with Gasteiger partial charge in [0.05, 0.1) is 30.3 Å². The van der Waals surface area contributed by atoms with Crippen molar-refractivity contribution in [2.75, 3.05) is 13.1 Å². The summed E-state index contributed by atoms with van der Waals surface area (Å²) in [6.07, 6.45) is 2.13. The predicted molar refractivity (Wildman–Crippen MR) is 55.6 cm³/mol. The number of H-pyrrole nitrogens is 2. The normalized spacial score (nSPS) is 16.2. The van der Waals surface area contributed by atoms with Crippen LogP contribution < -0.4 is 21.3 Å². The Labute approximate surface area is 96.1 Å². The first-order valence-corrected chi connectivity index (χ1v) is 5.48. The Balaban J connectivity index is 2.40. The van der Waals surface area contributed by atoms with Gasteiger partial charge in [-0.3, -0.25) is 9.78 Å². The lowest BCUT2D eigenvalue weighted by Gasteiger charge is -2.14. The number of nitrogens with one attached hydrogen (secondary N) is 3. The van der Waals surface area contributed by atoms with Crippen LogP contribution >= 0.6 is 0 Å². The molecule has 92 valence electrons. The molecule has 1 saturated heterocycles. The number of likely N-dealkylation sites (tertiary alicyclic amines) is 1. The maximum atomic E-state index is 11.6. The Kier molecular flexibility index (Phi) is 3.10. The molecule has 2 heterocycles. The maximum Gasteiger partial charge on any atom is 0.326 e. The number of hydrogen-bond acceptors (Lipinski definition) is 4. The first-order valence-electron chi connectivity index (χ1n) is 5.48. The lowest BCUT2D eigenvalue weighted by Crippen LogP contribution is -3.08. The van der Waals surface area contributed by atoms with Gasteiger partial charge in [-0.15, -0.1) is 0 Å². The van der Waals surface area contributed by atoms with E-state index in [2.05, 4.69) is 4.98 Å². The van der Waals surface area contributed by atoms with Crippen LogP contribution in [0, 0.1) is 0 Å². The fourth-order valence-corrected chi connectivity index (χ4v) is 2.16. The van der Waals surface area contributed by atoms with Crippen LogP contribution in [0.1, 0.15) is 28.9 Å². The molecule has 0 aromatic carbocycles. The lowest BCUT2D eigenvalue weighted by atomic mass is 10.2. The Morgan fingerprint density at radius 3 is 2.47 bits per heavy atom. The minimum Gasteiger partial charge on any atom is -0.543 e. The molecule has 17 heavy (non-hydrogen) atoms. The van der Waals surface area contributed by atoms with Crippen molar-refractivity contribution in [2.24, 2.45) is 0 Å². The SMILES string of the molecule is O=C([O-])c1[nH]c(=O)[nH]c(=O)c1C[NH+]1CCCC1. The third-order valence-electron chi connectivity index (χ3n) is 2.98. The second kappa shape index (κ2) is 4.54. The summed E-state index contributed by atoms with van der Waals surface area (Å²) in [5, 5.41) is 10.9. The first-order chi connectivity index (χ1) is 8.08. The number of rotatable bonds is 3. The van der Waals surface area contributed by atoms with E-state index in [0.717, 1.165) is 30.8 Å². The molecule has 0 atom stereocenters. The molecule has 0 saturated carbocycles. The van der Waals surface area contributed by atoms with E-state index in [1.165, 1.54) is 0 Å². The van der Waals surface area contributed by atoms with E-state index in [4.69, 9.17) is 0 Å². The summed E-state index contributed by atoms with van der Waals surface area (Å²) in [7, 11) is 0. The van der Waals surface area contributed by atoms with Crippen LogP contribution in [0.25, 0.3) is 0 Å².